The minimum atomic E-state index is -0.284. The molecule has 1 aliphatic rings. The number of fused-ring (bicyclic) bond motifs is 1. The lowest BCUT2D eigenvalue weighted by molar-refractivity contribution is 0.103. The van der Waals surface area contributed by atoms with Crippen LogP contribution in [0.2, 0.25) is 0 Å². The Kier molecular flexibility index (Phi) is 5.52. The van der Waals surface area contributed by atoms with Crippen LogP contribution >= 0.6 is 11.3 Å². The van der Waals surface area contributed by atoms with Crippen molar-refractivity contribution in [3.05, 3.63) is 57.3 Å². The topological polar surface area (TPSA) is 54.3 Å². The predicted molar refractivity (Wildman–Crippen MR) is 109 cm³/mol. The van der Waals surface area contributed by atoms with E-state index in [2.05, 4.69) is 28.8 Å². The van der Waals surface area contributed by atoms with Gasteiger partial charge >= 0.3 is 0 Å². The Balaban J connectivity index is 1.78. The first kappa shape index (κ1) is 19.2. The lowest BCUT2D eigenvalue weighted by Crippen LogP contribution is -2.47. The monoisotopic (exact) mass is 401 g/mol. The molecule has 1 aromatic carbocycles. The van der Waals surface area contributed by atoms with E-state index in [1.807, 2.05) is 0 Å². The van der Waals surface area contributed by atoms with Gasteiger partial charge < -0.3 is 4.90 Å². The van der Waals surface area contributed by atoms with Crippen LogP contribution in [-0.2, 0) is 6.54 Å². The molecule has 3 aromatic rings. The quantitative estimate of drug-likeness (QED) is 0.658. The van der Waals surface area contributed by atoms with E-state index in [4.69, 9.17) is 4.98 Å². The van der Waals surface area contributed by atoms with Gasteiger partial charge in [0.25, 0.3) is 5.56 Å². The number of rotatable bonds is 5. The molecule has 3 heterocycles. The van der Waals surface area contributed by atoms with Gasteiger partial charge in [-0.1, -0.05) is 19.1 Å². The Morgan fingerprint density at radius 1 is 1.18 bits per heavy atom. The minimum absolute atomic E-state index is 0.0633. The number of thiazole rings is 1. The summed E-state index contributed by atoms with van der Waals surface area (Å²) in [6, 6.07) is 6.34. The van der Waals surface area contributed by atoms with Gasteiger partial charge in [0.2, 0.25) is 0 Å². The summed E-state index contributed by atoms with van der Waals surface area (Å²) in [5.41, 5.74) is 2.82. The van der Waals surface area contributed by atoms with Crippen molar-refractivity contribution in [2.24, 2.45) is 0 Å². The van der Waals surface area contributed by atoms with Crippen LogP contribution in [0.15, 0.2) is 34.6 Å². The first-order valence-corrected chi connectivity index (χ1v) is 10.5. The standard InChI is InChI=1S/C20H24FN5OS/c1-3-16(25-10-8-24(2)9-11-25)18-23-19-17(22-13-28-19)20(27)26(18)12-14-4-6-15(21)7-5-14/h4-7,13,16H,3,8-12H2,1-2H3. The molecule has 28 heavy (non-hydrogen) atoms. The van der Waals surface area contributed by atoms with Gasteiger partial charge in [-0.2, -0.15) is 0 Å². The normalized spacial score (nSPS) is 17.2. The van der Waals surface area contributed by atoms with Crippen LogP contribution in [0.1, 0.15) is 30.8 Å². The van der Waals surface area contributed by atoms with Crippen LogP contribution in [0.4, 0.5) is 4.39 Å². The zero-order valence-corrected chi connectivity index (χ0v) is 17.0. The second kappa shape index (κ2) is 8.06. The lowest BCUT2D eigenvalue weighted by atomic mass is 10.1. The summed E-state index contributed by atoms with van der Waals surface area (Å²) in [5.74, 6) is 0.492. The predicted octanol–water partition coefficient (Wildman–Crippen LogP) is 2.74. The van der Waals surface area contributed by atoms with Crippen LogP contribution in [0.5, 0.6) is 0 Å². The molecule has 8 heteroatoms. The summed E-state index contributed by atoms with van der Waals surface area (Å²) >= 11 is 1.40. The molecule has 1 saturated heterocycles. The number of halogens is 1. The van der Waals surface area contributed by atoms with Crippen molar-refractivity contribution < 1.29 is 4.39 Å². The maximum Gasteiger partial charge on any atom is 0.281 e. The molecule has 1 fully saturated rings. The van der Waals surface area contributed by atoms with Gasteiger partial charge in [-0.05, 0) is 31.2 Å². The van der Waals surface area contributed by atoms with Gasteiger partial charge in [0, 0.05) is 26.2 Å². The number of nitrogens with zero attached hydrogens (tertiary/aromatic N) is 5. The zero-order valence-electron chi connectivity index (χ0n) is 16.1. The highest BCUT2D eigenvalue weighted by molar-refractivity contribution is 7.16. The molecule has 4 rings (SSSR count). The molecule has 1 unspecified atom stereocenters. The maximum atomic E-state index is 13.3. The molecule has 0 N–H and O–H groups in total. The van der Waals surface area contributed by atoms with Crippen LogP contribution in [0, 0.1) is 5.82 Å². The summed E-state index contributed by atoms with van der Waals surface area (Å²) in [6.07, 6.45) is 0.865. The van der Waals surface area contributed by atoms with Crippen molar-refractivity contribution in [2.45, 2.75) is 25.9 Å². The van der Waals surface area contributed by atoms with Gasteiger partial charge in [0.15, 0.2) is 10.3 Å². The fraction of sp³-hybridized carbons (Fsp3) is 0.450. The highest BCUT2D eigenvalue weighted by atomic mass is 32.1. The molecular formula is C20H24FN5OS. The van der Waals surface area contributed by atoms with E-state index in [-0.39, 0.29) is 17.4 Å². The van der Waals surface area contributed by atoms with Crippen molar-refractivity contribution >= 4 is 21.7 Å². The largest absolute Gasteiger partial charge is 0.304 e. The molecule has 0 saturated carbocycles. The van der Waals surface area contributed by atoms with Crippen LogP contribution in [0.25, 0.3) is 10.3 Å². The Morgan fingerprint density at radius 3 is 2.57 bits per heavy atom. The minimum Gasteiger partial charge on any atom is -0.304 e. The fourth-order valence-electron chi connectivity index (χ4n) is 3.78. The highest BCUT2D eigenvalue weighted by Gasteiger charge is 2.27. The molecule has 0 spiro atoms. The summed E-state index contributed by atoms with van der Waals surface area (Å²) in [6.45, 7) is 6.39. The van der Waals surface area contributed by atoms with E-state index in [1.54, 1.807) is 22.2 Å². The first-order chi connectivity index (χ1) is 13.6. The van der Waals surface area contributed by atoms with Crippen LogP contribution in [-0.4, -0.2) is 57.6 Å². The average Bonchev–Trinajstić information content (AvgIpc) is 3.17. The first-order valence-electron chi connectivity index (χ1n) is 9.57. The van der Waals surface area contributed by atoms with Gasteiger partial charge in [-0.3, -0.25) is 14.3 Å². The molecule has 0 amide bonds. The van der Waals surface area contributed by atoms with E-state index in [0.29, 0.717) is 16.9 Å². The van der Waals surface area contributed by atoms with E-state index < -0.39 is 0 Å². The summed E-state index contributed by atoms with van der Waals surface area (Å²) in [4.78, 5) is 27.7. The number of piperazine rings is 1. The van der Waals surface area contributed by atoms with E-state index >= 15 is 0 Å². The van der Waals surface area contributed by atoms with Crippen molar-refractivity contribution in [2.75, 3.05) is 33.2 Å². The van der Waals surface area contributed by atoms with E-state index in [9.17, 15) is 9.18 Å². The molecule has 1 atom stereocenters. The van der Waals surface area contributed by atoms with Gasteiger partial charge in [-0.25, -0.2) is 14.4 Å². The van der Waals surface area contributed by atoms with Crippen molar-refractivity contribution in [3.8, 4) is 0 Å². The van der Waals surface area contributed by atoms with Gasteiger partial charge in [0.1, 0.15) is 11.6 Å². The second-order valence-corrected chi connectivity index (χ2v) is 8.09. The summed E-state index contributed by atoms with van der Waals surface area (Å²) in [7, 11) is 2.13. The number of hydrogen-bond donors (Lipinski definition) is 0. The average molecular weight is 402 g/mol. The van der Waals surface area contributed by atoms with Gasteiger partial charge in [-0.15, -0.1) is 11.3 Å². The Morgan fingerprint density at radius 2 is 1.89 bits per heavy atom. The second-order valence-electron chi connectivity index (χ2n) is 7.26. The Bertz CT molecular complexity index is 1010. The molecule has 2 aromatic heterocycles. The number of hydrogen-bond acceptors (Lipinski definition) is 6. The van der Waals surface area contributed by atoms with Crippen molar-refractivity contribution in [1.29, 1.82) is 0 Å². The number of likely N-dealkylation sites (N-methyl/N-ethyl adjacent to an activating group) is 1. The molecular weight excluding hydrogens is 377 g/mol. The Hall–Kier alpha value is -2.16. The smallest absolute Gasteiger partial charge is 0.281 e. The number of aromatic nitrogens is 3. The lowest BCUT2D eigenvalue weighted by Gasteiger charge is -2.37. The molecule has 6 nitrogen and oxygen atoms in total. The molecule has 0 radical (unpaired) electrons. The Labute approximate surface area is 167 Å². The third-order valence-electron chi connectivity index (χ3n) is 5.41. The van der Waals surface area contributed by atoms with E-state index in [0.717, 1.165) is 44.0 Å². The molecule has 0 aliphatic carbocycles. The van der Waals surface area contributed by atoms with Gasteiger partial charge in [0.05, 0.1) is 18.1 Å². The molecule has 1 aliphatic heterocycles. The summed E-state index contributed by atoms with van der Waals surface area (Å²) in [5, 5.41) is 0. The third-order valence-corrected chi connectivity index (χ3v) is 6.13. The molecule has 148 valence electrons. The zero-order chi connectivity index (χ0) is 19.7. The molecule has 0 bridgehead atoms. The number of benzene rings is 1. The maximum absolute atomic E-state index is 13.3. The SMILES string of the molecule is CCC(c1nc2scnc2c(=O)n1Cc1ccc(F)cc1)N1CCN(C)CC1. The van der Waals surface area contributed by atoms with Crippen LogP contribution < -0.4 is 5.56 Å². The van der Waals surface area contributed by atoms with Crippen molar-refractivity contribution in [1.82, 2.24) is 24.3 Å². The third kappa shape index (κ3) is 3.72. The highest BCUT2D eigenvalue weighted by Crippen LogP contribution is 2.26. The van der Waals surface area contributed by atoms with Crippen molar-refractivity contribution in [3.63, 3.8) is 0 Å². The van der Waals surface area contributed by atoms with Crippen LogP contribution in [0.3, 0.4) is 0 Å². The van der Waals surface area contributed by atoms with E-state index in [1.165, 1.54) is 23.5 Å². The fourth-order valence-corrected chi connectivity index (χ4v) is 4.44. The summed E-state index contributed by atoms with van der Waals surface area (Å²) < 4.78 is 15.0.